The second-order valence-electron chi connectivity index (χ2n) is 3.17. The molecule has 0 bridgehead atoms. The highest BCUT2D eigenvalue weighted by molar-refractivity contribution is 5.09. The minimum absolute atomic E-state index is 0.0204. The molecule has 3 N–H and O–H groups in total. The number of aryl methyl sites for hydroxylation is 1. The largest absolute Gasteiger partial charge is 0.396 e. The number of unbranched alkanes of at least 4 members (excludes halogenated alkanes) is 1. The van der Waals surface area contributed by atoms with Crippen molar-refractivity contribution in [2.45, 2.75) is 25.9 Å². The molecule has 78 valence electrons. The Labute approximate surface area is 83.0 Å². The number of aromatic nitrogens is 1. The Morgan fingerprint density at radius 1 is 1.43 bits per heavy atom. The standard InChI is InChI=1S/C10H16N2O2/c11-8-9-4-3-6-12(10(9)14)5-1-2-7-13/h3-4,6,13H,1-2,5,7-8,11H2. The monoisotopic (exact) mass is 196 g/mol. The number of aliphatic hydroxyl groups excluding tert-OH is 1. The van der Waals surface area contributed by atoms with E-state index in [1.165, 1.54) is 0 Å². The molecular weight excluding hydrogens is 180 g/mol. The zero-order chi connectivity index (χ0) is 10.4. The number of nitrogens with zero attached hydrogens (tertiary/aromatic N) is 1. The summed E-state index contributed by atoms with van der Waals surface area (Å²) in [5, 5.41) is 8.61. The van der Waals surface area contributed by atoms with Crippen LogP contribution in [0, 0.1) is 0 Å². The SMILES string of the molecule is NCc1cccn(CCCCO)c1=O. The lowest BCUT2D eigenvalue weighted by Crippen LogP contribution is -2.24. The van der Waals surface area contributed by atoms with Gasteiger partial charge in [-0.25, -0.2) is 0 Å². The van der Waals surface area contributed by atoms with Gasteiger partial charge in [0.1, 0.15) is 0 Å². The van der Waals surface area contributed by atoms with Crippen LogP contribution in [0.1, 0.15) is 18.4 Å². The van der Waals surface area contributed by atoms with Crippen LogP contribution in [0.4, 0.5) is 0 Å². The fourth-order valence-electron chi connectivity index (χ4n) is 1.31. The summed E-state index contributed by atoms with van der Waals surface area (Å²) in [6, 6.07) is 3.56. The lowest BCUT2D eigenvalue weighted by Gasteiger charge is -2.05. The van der Waals surface area contributed by atoms with Crippen molar-refractivity contribution >= 4 is 0 Å². The normalized spacial score (nSPS) is 10.4. The Kier molecular flexibility index (Phi) is 4.35. The molecule has 1 heterocycles. The van der Waals surface area contributed by atoms with Crippen LogP contribution in [0.25, 0.3) is 0 Å². The van der Waals surface area contributed by atoms with Gasteiger partial charge in [0.05, 0.1) is 0 Å². The average Bonchev–Trinajstić information content (AvgIpc) is 2.21. The van der Waals surface area contributed by atoms with Crippen LogP contribution >= 0.6 is 0 Å². The molecule has 0 aliphatic rings. The Hall–Kier alpha value is -1.13. The van der Waals surface area contributed by atoms with Crippen LogP contribution < -0.4 is 11.3 Å². The van der Waals surface area contributed by atoms with Gasteiger partial charge in [-0.2, -0.15) is 0 Å². The van der Waals surface area contributed by atoms with Crippen LogP contribution in [0.2, 0.25) is 0 Å². The molecule has 4 nitrogen and oxygen atoms in total. The lowest BCUT2D eigenvalue weighted by molar-refractivity contribution is 0.281. The highest BCUT2D eigenvalue weighted by Gasteiger charge is 2.00. The first-order valence-electron chi connectivity index (χ1n) is 4.79. The highest BCUT2D eigenvalue weighted by atomic mass is 16.2. The van der Waals surface area contributed by atoms with E-state index in [1.807, 2.05) is 6.07 Å². The molecular formula is C10H16N2O2. The Morgan fingerprint density at radius 2 is 2.21 bits per heavy atom. The van der Waals surface area contributed by atoms with Crippen LogP contribution in [0.3, 0.4) is 0 Å². The van der Waals surface area contributed by atoms with Crippen molar-refractivity contribution in [1.82, 2.24) is 4.57 Å². The zero-order valence-corrected chi connectivity index (χ0v) is 8.15. The maximum atomic E-state index is 11.6. The van der Waals surface area contributed by atoms with Crippen molar-refractivity contribution in [1.29, 1.82) is 0 Å². The summed E-state index contributed by atoms with van der Waals surface area (Å²) in [7, 11) is 0. The predicted octanol–water partition coefficient (Wildman–Crippen LogP) is 0.0795. The van der Waals surface area contributed by atoms with E-state index < -0.39 is 0 Å². The Balaban J connectivity index is 2.72. The van der Waals surface area contributed by atoms with E-state index in [1.54, 1.807) is 16.8 Å². The summed E-state index contributed by atoms with van der Waals surface area (Å²) >= 11 is 0. The van der Waals surface area contributed by atoms with Crippen molar-refractivity contribution in [2.75, 3.05) is 6.61 Å². The first kappa shape index (κ1) is 10.9. The summed E-state index contributed by atoms with van der Waals surface area (Å²) in [6.07, 6.45) is 3.28. The Bertz CT molecular complexity index is 333. The van der Waals surface area contributed by atoms with Crippen LogP contribution in [0.15, 0.2) is 23.1 Å². The predicted molar refractivity (Wildman–Crippen MR) is 54.9 cm³/mol. The van der Waals surface area contributed by atoms with Crippen LogP contribution in [-0.4, -0.2) is 16.3 Å². The van der Waals surface area contributed by atoms with E-state index >= 15 is 0 Å². The summed E-state index contributed by atoms with van der Waals surface area (Å²) in [4.78, 5) is 11.6. The van der Waals surface area contributed by atoms with Gasteiger partial charge in [-0.15, -0.1) is 0 Å². The molecule has 0 aromatic carbocycles. The number of hydrogen-bond donors (Lipinski definition) is 2. The first-order valence-corrected chi connectivity index (χ1v) is 4.79. The van der Waals surface area contributed by atoms with E-state index in [-0.39, 0.29) is 18.7 Å². The smallest absolute Gasteiger partial charge is 0.255 e. The topological polar surface area (TPSA) is 68.2 Å². The molecule has 0 atom stereocenters. The molecule has 1 aromatic rings. The molecule has 0 fully saturated rings. The lowest BCUT2D eigenvalue weighted by atomic mass is 10.2. The molecule has 0 aliphatic heterocycles. The number of pyridine rings is 1. The second kappa shape index (κ2) is 5.57. The third-order valence-electron chi connectivity index (χ3n) is 2.13. The van der Waals surface area contributed by atoms with Gasteiger partial charge in [0.2, 0.25) is 0 Å². The van der Waals surface area contributed by atoms with Crippen LogP contribution in [0.5, 0.6) is 0 Å². The van der Waals surface area contributed by atoms with Crippen molar-refractivity contribution in [3.63, 3.8) is 0 Å². The molecule has 0 amide bonds. The molecule has 0 saturated carbocycles. The van der Waals surface area contributed by atoms with Gasteiger partial charge >= 0.3 is 0 Å². The van der Waals surface area contributed by atoms with Gasteiger partial charge in [-0.1, -0.05) is 6.07 Å². The van der Waals surface area contributed by atoms with E-state index in [4.69, 9.17) is 10.8 Å². The molecule has 0 radical (unpaired) electrons. The summed E-state index contributed by atoms with van der Waals surface area (Å²) in [5.74, 6) is 0. The molecule has 1 aromatic heterocycles. The Morgan fingerprint density at radius 3 is 2.86 bits per heavy atom. The number of rotatable bonds is 5. The molecule has 4 heteroatoms. The summed E-state index contributed by atoms with van der Waals surface area (Å²) < 4.78 is 1.64. The fraction of sp³-hybridized carbons (Fsp3) is 0.500. The summed E-state index contributed by atoms with van der Waals surface area (Å²) in [5.41, 5.74) is 6.04. The van der Waals surface area contributed by atoms with Crippen molar-refractivity contribution in [2.24, 2.45) is 5.73 Å². The fourth-order valence-corrected chi connectivity index (χ4v) is 1.31. The number of aliphatic hydroxyl groups is 1. The second-order valence-corrected chi connectivity index (χ2v) is 3.17. The number of hydrogen-bond acceptors (Lipinski definition) is 3. The average molecular weight is 196 g/mol. The highest BCUT2D eigenvalue weighted by Crippen LogP contribution is 1.94. The van der Waals surface area contributed by atoms with E-state index in [0.29, 0.717) is 12.1 Å². The third kappa shape index (κ3) is 2.68. The van der Waals surface area contributed by atoms with Crippen molar-refractivity contribution in [3.8, 4) is 0 Å². The quantitative estimate of drug-likeness (QED) is 0.655. The minimum Gasteiger partial charge on any atom is -0.396 e. The van der Waals surface area contributed by atoms with Gasteiger partial charge < -0.3 is 15.4 Å². The van der Waals surface area contributed by atoms with Gasteiger partial charge in [-0.3, -0.25) is 4.79 Å². The third-order valence-corrected chi connectivity index (χ3v) is 2.13. The molecule has 0 aliphatic carbocycles. The van der Waals surface area contributed by atoms with E-state index in [2.05, 4.69) is 0 Å². The first-order chi connectivity index (χ1) is 6.79. The molecule has 0 spiro atoms. The van der Waals surface area contributed by atoms with Crippen LogP contribution in [-0.2, 0) is 13.1 Å². The summed E-state index contributed by atoms with van der Waals surface area (Å²) in [6.45, 7) is 1.10. The van der Waals surface area contributed by atoms with Crippen molar-refractivity contribution in [3.05, 3.63) is 34.2 Å². The van der Waals surface area contributed by atoms with E-state index in [0.717, 1.165) is 12.8 Å². The molecule has 1 rings (SSSR count). The number of nitrogens with two attached hydrogens (primary N) is 1. The minimum atomic E-state index is -0.0204. The van der Waals surface area contributed by atoms with Crippen molar-refractivity contribution < 1.29 is 5.11 Å². The molecule has 0 unspecified atom stereocenters. The van der Waals surface area contributed by atoms with Gasteiger partial charge in [0.25, 0.3) is 5.56 Å². The molecule has 14 heavy (non-hydrogen) atoms. The van der Waals surface area contributed by atoms with Gasteiger partial charge in [0, 0.05) is 31.5 Å². The van der Waals surface area contributed by atoms with Gasteiger partial charge in [-0.05, 0) is 18.9 Å². The van der Waals surface area contributed by atoms with Gasteiger partial charge in [0.15, 0.2) is 0 Å². The zero-order valence-electron chi connectivity index (χ0n) is 8.15. The maximum absolute atomic E-state index is 11.6. The molecule has 0 saturated heterocycles. The van der Waals surface area contributed by atoms with E-state index in [9.17, 15) is 4.79 Å². The maximum Gasteiger partial charge on any atom is 0.255 e.